The maximum absolute atomic E-state index is 12.7. The van der Waals surface area contributed by atoms with Crippen LogP contribution in [0.4, 0.5) is 26.3 Å². The topological polar surface area (TPSA) is 147 Å². The number of hydrogen-bond donors (Lipinski definition) is 2. The lowest BCUT2D eigenvalue weighted by atomic mass is 9.71. The molecule has 0 spiro atoms. The Labute approximate surface area is 179 Å². The SMILES string of the molecule is CC(C#N)(CCC(=O)O)N=NC(C)(C#N)CC(CCC(F)(F)F)(CCC(F)(F)F)C(=O)O. The van der Waals surface area contributed by atoms with Gasteiger partial charge in [-0.15, -0.1) is 0 Å². The summed E-state index contributed by atoms with van der Waals surface area (Å²) < 4.78 is 76.4. The van der Waals surface area contributed by atoms with Crippen molar-refractivity contribution in [2.75, 3.05) is 0 Å². The average Bonchev–Trinajstić information content (AvgIpc) is 2.65. The highest BCUT2D eigenvalue weighted by molar-refractivity contribution is 5.75. The van der Waals surface area contributed by atoms with E-state index >= 15 is 0 Å². The van der Waals surface area contributed by atoms with Crippen LogP contribution in [0.3, 0.4) is 0 Å². The number of carbonyl (C=O) groups is 2. The highest BCUT2D eigenvalue weighted by atomic mass is 19.4. The van der Waals surface area contributed by atoms with Crippen molar-refractivity contribution in [3.05, 3.63) is 0 Å². The molecule has 0 aromatic rings. The van der Waals surface area contributed by atoms with E-state index in [9.17, 15) is 51.6 Å². The minimum atomic E-state index is -4.86. The molecule has 2 unspecified atom stereocenters. The van der Waals surface area contributed by atoms with Crippen LogP contribution in [0.1, 0.15) is 58.8 Å². The molecule has 0 aliphatic rings. The number of alkyl halides is 6. The number of aliphatic carboxylic acids is 2. The van der Waals surface area contributed by atoms with Crippen LogP contribution in [0.25, 0.3) is 0 Å². The Morgan fingerprint density at radius 2 is 1.19 bits per heavy atom. The van der Waals surface area contributed by atoms with Crippen molar-refractivity contribution in [2.45, 2.75) is 82.2 Å². The Bertz CT molecular complexity index is 781. The van der Waals surface area contributed by atoms with Crippen LogP contribution >= 0.6 is 0 Å². The second-order valence-corrected chi connectivity index (χ2v) is 7.86. The lowest BCUT2D eigenvalue weighted by Gasteiger charge is -2.34. The molecule has 14 heteroatoms. The third-order valence-corrected chi connectivity index (χ3v) is 4.71. The summed E-state index contributed by atoms with van der Waals surface area (Å²) in [4.78, 5) is 22.6. The van der Waals surface area contributed by atoms with Crippen molar-refractivity contribution in [1.29, 1.82) is 10.5 Å². The summed E-state index contributed by atoms with van der Waals surface area (Å²) in [5, 5.41) is 44.1. The molecule has 0 amide bonds. The monoisotopic (exact) mass is 472 g/mol. The van der Waals surface area contributed by atoms with E-state index < -0.39 is 79.3 Å². The molecular weight excluding hydrogens is 450 g/mol. The van der Waals surface area contributed by atoms with E-state index in [0.29, 0.717) is 0 Å². The average molecular weight is 472 g/mol. The summed E-state index contributed by atoms with van der Waals surface area (Å²) in [6.45, 7) is 2.12. The fourth-order valence-corrected chi connectivity index (χ4v) is 2.81. The third-order valence-electron chi connectivity index (χ3n) is 4.71. The number of carboxylic acid groups (broad SMARTS) is 2. The lowest BCUT2D eigenvalue weighted by Crippen LogP contribution is -2.40. The Kier molecular flexibility index (Phi) is 9.65. The van der Waals surface area contributed by atoms with E-state index in [1.807, 2.05) is 0 Å². The Morgan fingerprint density at radius 3 is 1.50 bits per heavy atom. The number of hydrogen-bond acceptors (Lipinski definition) is 6. The first kappa shape index (κ1) is 29.1. The van der Waals surface area contributed by atoms with Crippen molar-refractivity contribution >= 4 is 11.9 Å². The molecule has 2 N–H and O–H groups in total. The quantitative estimate of drug-likeness (QED) is 0.301. The molecule has 0 saturated heterocycles. The predicted octanol–water partition coefficient (Wildman–Crippen LogP) is 5.01. The van der Waals surface area contributed by atoms with Gasteiger partial charge in [0, 0.05) is 25.7 Å². The number of rotatable bonds is 12. The zero-order valence-corrected chi connectivity index (χ0v) is 17.2. The summed E-state index contributed by atoms with van der Waals surface area (Å²) in [5.41, 5.74) is -6.57. The predicted molar refractivity (Wildman–Crippen MR) is 95.0 cm³/mol. The molecule has 0 aliphatic carbocycles. The van der Waals surface area contributed by atoms with Crippen LogP contribution in [0.15, 0.2) is 10.2 Å². The van der Waals surface area contributed by atoms with Crippen LogP contribution in [0.2, 0.25) is 0 Å². The zero-order valence-electron chi connectivity index (χ0n) is 17.2. The highest BCUT2D eigenvalue weighted by Crippen LogP contribution is 2.44. The maximum atomic E-state index is 12.7. The molecule has 0 aliphatic heterocycles. The molecular formula is C18H22F6N4O4. The van der Waals surface area contributed by atoms with E-state index in [2.05, 4.69) is 10.2 Å². The zero-order chi connectivity index (χ0) is 25.4. The van der Waals surface area contributed by atoms with Gasteiger partial charge in [-0.3, -0.25) is 9.59 Å². The number of nitriles is 2. The smallest absolute Gasteiger partial charge is 0.389 e. The molecule has 2 atom stereocenters. The summed E-state index contributed by atoms with van der Waals surface area (Å²) >= 11 is 0. The lowest BCUT2D eigenvalue weighted by molar-refractivity contribution is -0.167. The van der Waals surface area contributed by atoms with Gasteiger partial charge in [-0.25, -0.2) is 0 Å². The number of halogens is 6. The second-order valence-electron chi connectivity index (χ2n) is 7.86. The standard InChI is InChI=1S/C18H22F6N4O4/c1-14(10-25,4-3-12(29)30)27-28-15(2,11-26)9-16(13(31)32,5-7-17(19,20)21)6-8-18(22,23)24/h3-9H2,1-2H3,(H,29,30)(H,31,32). The molecule has 0 aromatic heterocycles. The van der Waals surface area contributed by atoms with Crippen LogP contribution in [-0.2, 0) is 9.59 Å². The summed E-state index contributed by atoms with van der Waals surface area (Å²) in [6, 6.07) is 3.19. The fraction of sp³-hybridized carbons (Fsp3) is 0.778. The number of nitrogens with zero attached hydrogens (tertiary/aromatic N) is 4. The molecule has 0 aromatic carbocycles. The van der Waals surface area contributed by atoms with Gasteiger partial charge in [0.15, 0.2) is 11.1 Å². The fourth-order valence-electron chi connectivity index (χ4n) is 2.81. The summed E-state index contributed by atoms with van der Waals surface area (Å²) in [7, 11) is 0. The normalized spacial score (nSPS) is 16.6. The third kappa shape index (κ3) is 10.4. The van der Waals surface area contributed by atoms with Gasteiger partial charge in [-0.2, -0.15) is 47.1 Å². The molecule has 0 heterocycles. The van der Waals surface area contributed by atoms with Gasteiger partial charge < -0.3 is 10.2 Å². The highest BCUT2D eigenvalue weighted by Gasteiger charge is 2.49. The molecule has 180 valence electrons. The largest absolute Gasteiger partial charge is 0.481 e. The first-order valence-electron chi connectivity index (χ1n) is 9.16. The maximum Gasteiger partial charge on any atom is 0.389 e. The van der Waals surface area contributed by atoms with Gasteiger partial charge in [-0.1, -0.05) is 0 Å². The Morgan fingerprint density at radius 1 is 0.781 bits per heavy atom. The molecule has 0 radical (unpaired) electrons. The first-order chi connectivity index (χ1) is 14.3. The van der Waals surface area contributed by atoms with Crippen molar-refractivity contribution in [2.24, 2.45) is 15.6 Å². The van der Waals surface area contributed by atoms with E-state index in [1.165, 1.54) is 6.07 Å². The molecule has 32 heavy (non-hydrogen) atoms. The Balaban J connectivity index is 6.11. The van der Waals surface area contributed by atoms with Gasteiger partial charge in [-0.05, 0) is 33.1 Å². The first-order valence-corrected chi connectivity index (χ1v) is 9.16. The van der Waals surface area contributed by atoms with Crippen molar-refractivity contribution in [3.63, 3.8) is 0 Å². The van der Waals surface area contributed by atoms with E-state index in [-0.39, 0.29) is 6.42 Å². The van der Waals surface area contributed by atoms with Gasteiger partial charge in [0.25, 0.3) is 0 Å². The van der Waals surface area contributed by atoms with Gasteiger partial charge in [0.2, 0.25) is 0 Å². The molecule has 8 nitrogen and oxygen atoms in total. The number of azo groups is 1. The minimum absolute atomic E-state index is 0.351. The molecule has 0 rings (SSSR count). The van der Waals surface area contributed by atoms with Crippen LogP contribution < -0.4 is 0 Å². The van der Waals surface area contributed by atoms with E-state index in [1.54, 1.807) is 6.07 Å². The molecule has 0 saturated carbocycles. The van der Waals surface area contributed by atoms with Gasteiger partial charge in [0.1, 0.15) is 0 Å². The molecule has 0 bridgehead atoms. The van der Waals surface area contributed by atoms with Crippen LogP contribution in [0.5, 0.6) is 0 Å². The van der Waals surface area contributed by atoms with Crippen LogP contribution in [0, 0.1) is 28.1 Å². The Hall–Kier alpha value is -2.90. The van der Waals surface area contributed by atoms with Crippen molar-refractivity contribution < 1.29 is 46.1 Å². The second kappa shape index (κ2) is 10.6. The minimum Gasteiger partial charge on any atom is -0.481 e. The summed E-state index contributed by atoms with van der Waals surface area (Å²) in [6.07, 6.45) is -17.5. The summed E-state index contributed by atoms with van der Waals surface area (Å²) in [5.74, 6) is -3.23. The number of carboxylic acids is 2. The van der Waals surface area contributed by atoms with E-state index in [4.69, 9.17) is 5.11 Å². The van der Waals surface area contributed by atoms with Crippen molar-refractivity contribution in [1.82, 2.24) is 0 Å². The van der Waals surface area contributed by atoms with E-state index in [0.717, 1.165) is 13.8 Å². The van der Waals surface area contributed by atoms with Gasteiger partial charge in [0.05, 0.1) is 17.6 Å². The van der Waals surface area contributed by atoms with Crippen LogP contribution in [-0.4, -0.2) is 45.6 Å². The van der Waals surface area contributed by atoms with Crippen molar-refractivity contribution in [3.8, 4) is 12.1 Å². The molecule has 0 fully saturated rings. The van der Waals surface area contributed by atoms with Gasteiger partial charge >= 0.3 is 24.3 Å².